The Kier molecular flexibility index (Phi) is 7.15. The quantitative estimate of drug-likeness (QED) is 0.587. The molecule has 1 aliphatic heterocycles. The zero-order valence-corrected chi connectivity index (χ0v) is 17.9. The van der Waals surface area contributed by atoms with Gasteiger partial charge in [0.2, 0.25) is 5.91 Å². The predicted octanol–water partition coefficient (Wildman–Crippen LogP) is 4.31. The number of likely N-dealkylation sites (tertiary alicyclic amines) is 1. The van der Waals surface area contributed by atoms with E-state index in [0.717, 1.165) is 37.4 Å². The van der Waals surface area contributed by atoms with Crippen molar-refractivity contribution in [2.75, 3.05) is 25.0 Å². The molecule has 4 rings (SSSR count). The molecule has 1 heterocycles. The molecule has 0 aliphatic carbocycles. The van der Waals surface area contributed by atoms with Crippen LogP contribution in [0.25, 0.3) is 0 Å². The van der Waals surface area contributed by atoms with Crippen molar-refractivity contribution >= 4 is 17.5 Å². The lowest BCUT2D eigenvalue weighted by Crippen LogP contribution is -2.46. The van der Waals surface area contributed by atoms with Gasteiger partial charge in [-0.3, -0.25) is 14.5 Å². The van der Waals surface area contributed by atoms with Crippen LogP contribution < -0.4 is 15.4 Å². The van der Waals surface area contributed by atoms with Gasteiger partial charge >= 0.3 is 0 Å². The first-order valence-electron chi connectivity index (χ1n) is 10.9. The van der Waals surface area contributed by atoms with E-state index in [2.05, 4.69) is 15.5 Å². The number of hydrogen-bond acceptors (Lipinski definition) is 4. The topological polar surface area (TPSA) is 70.7 Å². The van der Waals surface area contributed by atoms with Crippen LogP contribution in [0.2, 0.25) is 0 Å². The average molecular weight is 430 g/mol. The van der Waals surface area contributed by atoms with Gasteiger partial charge in [0.1, 0.15) is 11.5 Å². The van der Waals surface area contributed by atoms with Crippen molar-refractivity contribution in [3.8, 4) is 11.5 Å². The van der Waals surface area contributed by atoms with E-state index in [1.54, 1.807) is 12.1 Å². The van der Waals surface area contributed by atoms with E-state index in [4.69, 9.17) is 4.74 Å². The summed E-state index contributed by atoms with van der Waals surface area (Å²) >= 11 is 0. The average Bonchev–Trinajstić information content (AvgIpc) is 2.82. The Morgan fingerprint density at radius 3 is 2.22 bits per heavy atom. The molecule has 0 aromatic heterocycles. The first kappa shape index (κ1) is 21.6. The molecule has 0 radical (unpaired) electrons. The maximum atomic E-state index is 12.7. The Morgan fingerprint density at radius 2 is 1.50 bits per heavy atom. The number of hydrogen-bond donors (Lipinski definition) is 2. The minimum absolute atomic E-state index is 0.0195. The summed E-state index contributed by atoms with van der Waals surface area (Å²) in [5.41, 5.74) is 1.38. The highest BCUT2D eigenvalue weighted by molar-refractivity contribution is 5.95. The van der Waals surface area contributed by atoms with E-state index in [9.17, 15) is 9.59 Å². The number of nitrogens with zero attached hydrogens (tertiary/aromatic N) is 1. The molecule has 0 unspecified atom stereocenters. The van der Waals surface area contributed by atoms with Crippen LogP contribution in [-0.4, -0.2) is 42.4 Å². The maximum absolute atomic E-state index is 12.7. The first-order chi connectivity index (χ1) is 15.7. The molecule has 0 atom stereocenters. The Bertz CT molecular complexity index is 1030. The first-order valence-corrected chi connectivity index (χ1v) is 10.9. The third-order valence-electron chi connectivity index (χ3n) is 5.42. The second kappa shape index (κ2) is 10.6. The number of carbonyl (C=O) groups is 2. The molecule has 0 saturated carbocycles. The second-order valence-electron chi connectivity index (χ2n) is 7.88. The Hall–Kier alpha value is -3.64. The molecule has 0 spiro atoms. The number of para-hydroxylation sites is 2. The SMILES string of the molecule is O=C(CN1CCC(NC(=O)c2cccc(Oc3ccccc3)c2)CC1)Nc1ccccc1. The van der Waals surface area contributed by atoms with Crippen molar-refractivity contribution in [1.82, 2.24) is 10.2 Å². The summed E-state index contributed by atoms with van der Waals surface area (Å²) in [5.74, 6) is 1.23. The van der Waals surface area contributed by atoms with Crippen molar-refractivity contribution in [3.63, 3.8) is 0 Å². The van der Waals surface area contributed by atoms with Crippen LogP contribution in [0.1, 0.15) is 23.2 Å². The summed E-state index contributed by atoms with van der Waals surface area (Å²) < 4.78 is 5.83. The molecule has 2 N–H and O–H groups in total. The largest absolute Gasteiger partial charge is 0.457 e. The summed E-state index contributed by atoms with van der Waals surface area (Å²) in [6.45, 7) is 1.89. The molecule has 6 nitrogen and oxygen atoms in total. The van der Waals surface area contributed by atoms with Gasteiger partial charge in [-0.05, 0) is 55.3 Å². The summed E-state index contributed by atoms with van der Waals surface area (Å²) in [4.78, 5) is 27.1. The Balaban J connectivity index is 1.24. The second-order valence-corrected chi connectivity index (χ2v) is 7.88. The fraction of sp³-hybridized carbons (Fsp3) is 0.231. The number of amides is 2. The zero-order valence-electron chi connectivity index (χ0n) is 17.9. The monoisotopic (exact) mass is 429 g/mol. The van der Waals surface area contributed by atoms with E-state index in [1.807, 2.05) is 72.8 Å². The van der Waals surface area contributed by atoms with E-state index in [0.29, 0.717) is 17.9 Å². The molecular weight excluding hydrogens is 402 g/mol. The minimum Gasteiger partial charge on any atom is -0.457 e. The third-order valence-corrected chi connectivity index (χ3v) is 5.42. The number of ether oxygens (including phenoxy) is 1. The third kappa shape index (κ3) is 6.18. The number of rotatable bonds is 7. The van der Waals surface area contributed by atoms with Crippen LogP contribution in [0.4, 0.5) is 5.69 Å². The predicted molar refractivity (Wildman–Crippen MR) is 125 cm³/mol. The molecule has 2 amide bonds. The van der Waals surface area contributed by atoms with Crippen LogP contribution in [0, 0.1) is 0 Å². The van der Waals surface area contributed by atoms with Crippen molar-refractivity contribution in [3.05, 3.63) is 90.5 Å². The van der Waals surface area contributed by atoms with E-state index >= 15 is 0 Å². The molecular formula is C26H27N3O3. The van der Waals surface area contributed by atoms with Gasteiger partial charge in [-0.25, -0.2) is 0 Å². The van der Waals surface area contributed by atoms with E-state index in [-0.39, 0.29) is 17.9 Å². The van der Waals surface area contributed by atoms with E-state index in [1.165, 1.54) is 0 Å². The molecule has 3 aromatic rings. The number of benzene rings is 3. The normalized spacial score (nSPS) is 14.5. The van der Waals surface area contributed by atoms with Gasteiger partial charge in [0.25, 0.3) is 5.91 Å². The van der Waals surface area contributed by atoms with Crippen LogP contribution in [-0.2, 0) is 4.79 Å². The number of piperidine rings is 1. The summed E-state index contributed by atoms with van der Waals surface area (Å²) in [6, 6.07) is 26.2. The molecule has 3 aromatic carbocycles. The van der Waals surface area contributed by atoms with Crippen LogP contribution in [0.15, 0.2) is 84.9 Å². The summed E-state index contributed by atoms with van der Waals surface area (Å²) in [5, 5.41) is 6.03. The highest BCUT2D eigenvalue weighted by atomic mass is 16.5. The van der Waals surface area contributed by atoms with Gasteiger partial charge in [0, 0.05) is 30.4 Å². The molecule has 164 valence electrons. The van der Waals surface area contributed by atoms with Crippen molar-refractivity contribution in [2.24, 2.45) is 0 Å². The van der Waals surface area contributed by atoms with Gasteiger partial charge in [-0.2, -0.15) is 0 Å². The van der Waals surface area contributed by atoms with Gasteiger partial charge in [-0.1, -0.05) is 42.5 Å². The van der Waals surface area contributed by atoms with Crippen molar-refractivity contribution in [1.29, 1.82) is 0 Å². The smallest absolute Gasteiger partial charge is 0.251 e. The number of nitrogens with one attached hydrogen (secondary N) is 2. The van der Waals surface area contributed by atoms with Crippen LogP contribution >= 0.6 is 0 Å². The lowest BCUT2D eigenvalue weighted by Gasteiger charge is -2.31. The molecule has 1 saturated heterocycles. The molecule has 32 heavy (non-hydrogen) atoms. The van der Waals surface area contributed by atoms with Crippen molar-refractivity contribution < 1.29 is 14.3 Å². The maximum Gasteiger partial charge on any atom is 0.251 e. The van der Waals surface area contributed by atoms with Crippen LogP contribution in [0.3, 0.4) is 0 Å². The Morgan fingerprint density at radius 1 is 0.844 bits per heavy atom. The highest BCUT2D eigenvalue weighted by Gasteiger charge is 2.22. The molecule has 1 aliphatic rings. The molecule has 6 heteroatoms. The summed E-state index contributed by atoms with van der Waals surface area (Å²) in [7, 11) is 0. The van der Waals surface area contributed by atoms with Gasteiger partial charge < -0.3 is 15.4 Å². The standard InChI is InChI=1S/C26H27N3O3/c30-25(27-21-9-3-1-4-10-21)19-29-16-14-22(15-17-29)28-26(31)20-8-7-13-24(18-20)32-23-11-5-2-6-12-23/h1-13,18,22H,14-17,19H2,(H,27,30)(H,28,31). The van der Waals surface area contributed by atoms with Gasteiger partial charge in [0.15, 0.2) is 0 Å². The fourth-order valence-electron chi connectivity index (χ4n) is 3.75. The number of anilines is 1. The number of carbonyl (C=O) groups excluding carboxylic acids is 2. The Labute approximate surface area is 188 Å². The zero-order chi connectivity index (χ0) is 22.2. The molecule has 1 fully saturated rings. The van der Waals surface area contributed by atoms with Crippen LogP contribution in [0.5, 0.6) is 11.5 Å². The minimum atomic E-state index is -0.108. The fourth-order valence-corrected chi connectivity index (χ4v) is 3.75. The van der Waals surface area contributed by atoms with Crippen molar-refractivity contribution in [2.45, 2.75) is 18.9 Å². The van der Waals surface area contributed by atoms with E-state index < -0.39 is 0 Å². The van der Waals surface area contributed by atoms with Gasteiger partial charge in [0.05, 0.1) is 6.54 Å². The molecule has 0 bridgehead atoms. The van der Waals surface area contributed by atoms with Gasteiger partial charge in [-0.15, -0.1) is 0 Å². The lowest BCUT2D eigenvalue weighted by molar-refractivity contribution is -0.117. The lowest BCUT2D eigenvalue weighted by atomic mass is 10.0. The highest BCUT2D eigenvalue weighted by Crippen LogP contribution is 2.22. The summed E-state index contributed by atoms with van der Waals surface area (Å²) in [6.07, 6.45) is 1.62.